The van der Waals surface area contributed by atoms with Gasteiger partial charge in [-0.3, -0.25) is 0 Å². The minimum Gasteiger partial charge on any atom is -0.444 e. The van der Waals surface area contributed by atoms with Gasteiger partial charge in [0.05, 0.1) is 0 Å². The number of pyridine rings is 2. The van der Waals surface area contributed by atoms with Gasteiger partial charge in [-0.25, -0.2) is 19.6 Å². The number of hydrogen-bond donors (Lipinski definition) is 2. The van der Waals surface area contributed by atoms with Gasteiger partial charge in [-0.05, 0) is 110 Å². The fraction of sp³-hybridized carbons (Fsp3) is 0.625. The highest BCUT2D eigenvalue weighted by Crippen LogP contribution is 2.21. The number of halogens is 1. The number of carbonyl (C=O) groups is 2. The van der Waals surface area contributed by atoms with E-state index in [1.54, 1.807) is 23.2 Å². The molecule has 2 aliphatic heterocycles. The van der Waals surface area contributed by atoms with Gasteiger partial charge in [-0.15, -0.1) is 0 Å². The van der Waals surface area contributed by atoms with Crippen molar-refractivity contribution in [1.82, 2.24) is 19.8 Å². The number of carbonyl (C=O) groups excluding carboxylic acids is 2. The Balaban J connectivity index is 0.000000254. The molecule has 0 saturated carbocycles. The minimum atomic E-state index is -0.428. The fourth-order valence-electron chi connectivity index (χ4n) is 4.38. The van der Waals surface area contributed by atoms with E-state index in [0.29, 0.717) is 11.8 Å². The van der Waals surface area contributed by atoms with Crippen LogP contribution < -0.4 is 11.1 Å². The summed E-state index contributed by atoms with van der Waals surface area (Å²) in [6.07, 6.45) is 6.79. The van der Waals surface area contributed by atoms with Crippen molar-refractivity contribution in [2.24, 2.45) is 17.6 Å². The lowest BCUT2D eigenvalue weighted by molar-refractivity contribution is 0.0177. The van der Waals surface area contributed by atoms with Crippen LogP contribution in [0.5, 0.6) is 0 Å². The highest BCUT2D eigenvalue weighted by molar-refractivity contribution is 5.68. The molecule has 0 spiro atoms. The Kier molecular flexibility index (Phi) is 14.6. The molecule has 0 bridgehead atoms. The van der Waals surface area contributed by atoms with Crippen LogP contribution in [-0.4, -0.2) is 82.4 Å². The molecule has 0 unspecified atom stereocenters. The van der Waals surface area contributed by atoms with Crippen LogP contribution in [0.2, 0.25) is 0 Å². The third-order valence-electron chi connectivity index (χ3n) is 6.73. The summed E-state index contributed by atoms with van der Waals surface area (Å²) in [5, 5.41) is 3.35. The zero-order chi connectivity index (χ0) is 31.9. The molecule has 2 aliphatic rings. The molecule has 3 N–H and O–H groups in total. The third kappa shape index (κ3) is 15.5. The molecule has 2 aromatic heterocycles. The van der Waals surface area contributed by atoms with Crippen LogP contribution in [0.3, 0.4) is 0 Å². The van der Waals surface area contributed by atoms with Gasteiger partial charge >= 0.3 is 12.2 Å². The summed E-state index contributed by atoms with van der Waals surface area (Å²) < 4.78 is 22.5. The second-order valence-electron chi connectivity index (χ2n) is 12.8. The summed E-state index contributed by atoms with van der Waals surface area (Å²) in [6.45, 7) is 16.1. The average molecular weight is 603 g/mol. The van der Waals surface area contributed by atoms with Crippen molar-refractivity contribution < 1.29 is 23.5 Å². The van der Waals surface area contributed by atoms with Gasteiger partial charge in [0.25, 0.3) is 0 Å². The first kappa shape index (κ1) is 35.7. The molecule has 0 atom stereocenters. The predicted molar refractivity (Wildman–Crippen MR) is 167 cm³/mol. The van der Waals surface area contributed by atoms with E-state index in [0.717, 1.165) is 70.8 Å². The summed E-state index contributed by atoms with van der Waals surface area (Å²) in [4.78, 5) is 34.8. The molecule has 4 heterocycles. The van der Waals surface area contributed by atoms with Crippen LogP contribution in [0.1, 0.15) is 67.2 Å². The Hall–Kier alpha value is -3.47. The Morgan fingerprint density at radius 1 is 0.814 bits per heavy atom. The first-order valence-electron chi connectivity index (χ1n) is 15.1. The van der Waals surface area contributed by atoms with E-state index in [9.17, 15) is 14.0 Å². The molecule has 240 valence electrons. The van der Waals surface area contributed by atoms with Crippen molar-refractivity contribution in [3.05, 3.63) is 54.7 Å². The van der Waals surface area contributed by atoms with Crippen molar-refractivity contribution >= 4 is 18.0 Å². The van der Waals surface area contributed by atoms with Gasteiger partial charge in [0, 0.05) is 45.1 Å². The third-order valence-corrected chi connectivity index (χ3v) is 6.73. The highest BCUT2D eigenvalue weighted by atomic mass is 19.1. The van der Waals surface area contributed by atoms with E-state index in [-0.39, 0.29) is 12.2 Å². The van der Waals surface area contributed by atoms with Crippen LogP contribution >= 0.6 is 0 Å². The van der Waals surface area contributed by atoms with Gasteiger partial charge in [0.15, 0.2) is 0 Å². The van der Waals surface area contributed by atoms with Gasteiger partial charge in [0.2, 0.25) is 5.95 Å². The van der Waals surface area contributed by atoms with Crippen LogP contribution in [0.15, 0.2) is 48.8 Å². The summed E-state index contributed by atoms with van der Waals surface area (Å²) in [6, 6.07) is 10.4. The molecule has 0 radical (unpaired) electrons. The van der Waals surface area contributed by atoms with E-state index >= 15 is 0 Å². The Morgan fingerprint density at radius 3 is 1.63 bits per heavy atom. The Labute approximate surface area is 256 Å². The quantitative estimate of drug-likeness (QED) is 0.412. The summed E-state index contributed by atoms with van der Waals surface area (Å²) >= 11 is 0. The molecule has 11 heteroatoms. The molecule has 0 aliphatic carbocycles. The number of nitrogens with two attached hydrogens (primary N) is 1. The standard InChI is InChI=1S/C16H25N3O2.C11H22N2O2.C5H4FN/c1-16(2,3)21-15(20)19-10-7-13(8-11-19)12-18-14-6-4-5-9-17-14;1-11(2,3)15-10(14)13-6-4-9(8-12)5-7-13;6-5-3-1-2-4-7-5/h4-6,9,13H,7-8,10-12H2,1-3H3,(H,17,18);9H,4-8,12H2,1-3H3;1-4H. The number of nitrogens with one attached hydrogen (secondary N) is 1. The molecular weight excluding hydrogens is 551 g/mol. The summed E-state index contributed by atoms with van der Waals surface area (Å²) in [7, 11) is 0. The van der Waals surface area contributed by atoms with Crippen LogP contribution in [0.25, 0.3) is 0 Å². The molecule has 2 saturated heterocycles. The van der Waals surface area contributed by atoms with Gasteiger partial charge < -0.3 is 30.3 Å². The fourth-order valence-corrected chi connectivity index (χ4v) is 4.38. The Morgan fingerprint density at radius 2 is 1.28 bits per heavy atom. The minimum absolute atomic E-state index is 0.196. The zero-order valence-corrected chi connectivity index (χ0v) is 26.7. The molecule has 10 nitrogen and oxygen atoms in total. The molecule has 43 heavy (non-hydrogen) atoms. The molecule has 0 aromatic carbocycles. The first-order valence-corrected chi connectivity index (χ1v) is 15.1. The first-order chi connectivity index (χ1) is 20.3. The van der Waals surface area contributed by atoms with Crippen LogP contribution in [-0.2, 0) is 9.47 Å². The summed E-state index contributed by atoms with van der Waals surface area (Å²) in [5.74, 6) is 1.63. The lowest BCUT2D eigenvalue weighted by atomic mass is 9.97. The lowest BCUT2D eigenvalue weighted by Gasteiger charge is -2.33. The van der Waals surface area contributed by atoms with Crippen molar-refractivity contribution in [1.29, 1.82) is 0 Å². The van der Waals surface area contributed by atoms with Crippen molar-refractivity contribution in [3.8, 4) is 0 Å². The monoisotopic (exact) mass is 602 g/mol. The number of aromatic nitrogens is 2. The topological polar surface area (TPSA) is 123 Å². The molecule has 4 rings (SSSR count). The second kappa shape index (κ2) is 17.6. The van der Waals surface area contributed by atoms with E-state index < -0.39 is 17.1 Å². The number of nitrogens with zero attached hydrogens (tertiary/aromatic N) is 4. The number of ether oxygens (including phenoxy) is 2. The van der Waals surface area contributed by atoms with Crippen molar-refractivity contribution in [2.75, 3.05) is 44.6 Å². The summed E-state index contributed by atoms with van der Waals surface area (Å²) in [5.41, 5.74) is 4.77. The predicted octanol–water partition coefficient (Wildman–Crippen LogP) is 5.95. The Bertz CT molecular complexity index is 1060. The largest absolute Gasteiger partial charge is 0.444 e. The normalized spacial score (nSPS) is 16.2. The van der Waals surface area contributed by atoms with Gasteiger partial charge in [0.1, 0.15) is 17.0 Å². The number of piperidine rings is 2. The number of likely N-dealkylation sites (tertiary alicyclic amines) is 2. The zero-order valence-electron chi connectivity index (χ0n) is 26.7. The number of hydrogen-bond acceptors (Lipinski definition) is 8. The van der Waals surface area contributed by atoms with E-state index in [1.165, 1.54) is 12.3 Å². The van der Waals surface area contributed by atoms with Gasteiger partial charge in [-0.2, -0.15) is 4.39 Å². The van der Waals surface area contributed by atoms with E-state index in [2.05, 4.69) is 15.3 Å². The molecule has 2 aromatic rings. The molecule has 2 fully saturated rings. The van der Waals surface area contributed by atoms with Crippen molar-refractivity contribution in [2.45, 2.75) is 78.4 Å². The maximum absolute atomic E-state index is 12.0. The maximum atomic E-state index is 12.0. The number of amides is 2. The molecule has 2 amide bonds. The van der Waals surface area contributed by atoms with Crippen molar-refractivity contribution in [3.63, 3.8) is 0 Å². The van der Waals surface area contributed by atoms with Crippen LogP contribution in [0, 0.1) is 17.8 Å². The highest BCUT2D eigenvalue weighted by Gasteiger charge is 2.27. The number of anilines is 1. The van der Waals surface area contributed by atoms with Crippen LogP contribution in [0.4, 0.5) is 19.8 Å². The lowest BCUT2D eigenvalue weighted by Crippen LogP contribution is -2.42. The molecular formula is C32H51FN6O4. The van der Waals surface area contributed by atoms with E-state index in [1.807, 2.05) is 64.6 Å². The average Bonchev–Trinajstić information content (AvgIpc) is 2.96. The maximum Gasteiger partial charge on any atom is 0.410 e. The smallest absolute Gasteiger partial charge is 0.410 e. The van der Waals surface area contributed by atoms with E-state index in [4.69, 9.17) is 15.2 Å². The number of rotatable bonds is 4. The second-order valence-corrected chi connectivity index (χ2v) is 12.8. The van der Waals surface area contributed by atoms with Gasteiger partial charge in [-0.1, -0.05) is 12.1 Å². The SMILES string of the molecule is CC(C)(C)OC(=O)N1CCC(CN)CC1.CC(C)(C)OC(=O)N1CCC(CNc2ccccn2)CC1.Fc1ccccn1.